The molecule has 0 aliphatic heterocycles. The van der Waals surface area contributed by atoms with Crippen LogP contribution >= 0.6 is 11.8 Å². The molecule has 1 N–H and O–H groups in total. The average Bonchev–Trinajstić information content (AvgIpc) is 2.69. The van der Waals surface area contributed by atoms with Crippen molar-refractivity contribution in [3.8, 4) is 0 Å². The molecular formula is C23H32N2O4S2. The zero-order valence-corrected chi connectivity index (χ0v) is 20.3. The molecule has 2 aromatic rings. The summed E-state index contributed by atoms with van der Waals surface area (Å²) in [6.07, 6.45) is -0.557. The van der Waals surface area contributed by atoms with E-state index in [0.29, 0.717) is 12.3 Å². The molecule has 0 unspecified atom stereocenters. The van der Waals surface area contributed by atoms with Crippen molar-refractivity contribution in [2.45, 2.75) is 43.9 Å². The van der Waals surface area contributed by atoms with E-state index in [1.165, 1.54) is 9.87 Å². The molecule has 0 bridgehead atoms. The number of aryl methyl sites for hydroxylation is 1. The van der Waals surface area contributed by atoms with Crippen LogP contribution in [0.25, 0.3) is 0 Å². The van der Waals surface area contributed by atoms with Crippen molar-refractivity contribution in [1.82, 2.24) is 9.62 Å². The maximum atomic E-state index is 13.2. The van der Waals surface area contributed by atoms with Gasteiger partial charge in [0.1, 0.15) is 5.60 Å². The molecule has 0 aliphatic rings. The fourth-order valence-corrected chi connectivity index (χ4v) is 5.22. The Bertz CT molecular complexity index is 924. The van der Waals surface area contributed by atoms with Crippen molar-refractivity contribution in [1.29, 1.82) is 0 Å². The predicted octanol–water partition coefficient (Wildman–Crippen LogP) is 4.44. The Labute approximate surface area is 190 Å². The first-order valence-corrected chi connectivity index (χ1v) is 12.8. The SMILES string of the molecule is Cc1ccc(S(=O)(=O)N(CCNC(=O)OC(C)(C)C)CCSCc2ccccc2)cc1. The largest absolute Gasteiger partial charge is 0.444 e. The summed E-state index contributed by atoms with van der Waals surface area (Å²) < 4.78 is 33.0. The molecule has 0 saturated carbocycles. The summed E-state index contributed by atoms with van der Waals surface area (Å²) >= 11 is 1.68. The van der Waals surface area contributed by atoms with Gasteiger partial charge in [0.05, 0.1) is 4.90 Å². The molecule has 0 fully saturated rings. The maximum Gasteiger partial charge on any atom is 0.407 e. The number of rotatable bonds is 10. The van der Waals surface area contributed by atoms with E-state index in [9.17, 15) is 13.2 Å². The minimum absolute atomic E-state index is 0.168. The van der Waals surface area contributed by atoms with E-state index in [1.807, 2.05) is 25.1 Å². The van der Waals surface area contributed by atoms with Gasteiger partial charge in [-0.15, -0.1) is 0 Å². The second kappa shape index (κ2) is 11.5. The zero-order valence-electron chi connectivity index (χ0n) is 18.6. The smallest absolute Gasteiger partial charge is 0.407 e. The van der Waals surface area contributed by atoms with Crippen LogP contribution in [0.4, 0.5) is 4.79 Å². The maximum absolute atomic E-state index is 13.2. The van der Waals surface area contributed by atoms with Crippen LogP contribution < -0.4 is 5.32 Å². The number of carbonyl (C=O) groups excluding carboxylic acids is 1. The van der Waals surface area contributed by atoms with Gasteiger partial charge < -0.3 is 10.1 Å². The first-order chi connectivity index (χ1) is 14.6. The van der Waals surface area contributed by atoms with Gasteiger partial charge in [-0.2, -0.15) is 16.1 Å². The summed E-state index contributed by atoms with van der Waals surface area (Å²) in [5, 5.41) is 2.64. The number of ether oxygens (including phenoxy) is 1. The number of hydrogen-bond acceptors (Lipinski definition) is 5. The summed E-state index contributed by atoms with van der Waals surface area (Å²) in [5.41, 5.74) is 1.59. The third-order valence-electron chi connectivity index (χ3n) is 4.28. The van der Waals surface area contributed by atoms with E-state index in [0.717, 1.165) is 11.3 Å². The first-order valence-electron chi connectivity index (χ1n) is 10.2. The van der Waals surface area contributed by atoms with Crippen molar-refractivity contribution in [3.63, 3.8) is 0 Å². The van der Waals surface area contributed by atoms with Crippen LogP contribution in [0.5, 0.6) is 0 Å². The van der Waals surface area contributed by atoms with Gasteiger partial charge in [-0.1, -0.05) is 48.0 Å². The minimum Gasteiger partial charge on any atom is -0.444 e. The Morgan fingerprint density at radius 2 is 1.68 bits per heavy atom. The quantitative estimate of drug-likeness (QED) is 0.526. The van der Waals surface area contributed by atoms with Gasteiger partial charge in [0.15, 0.2) is 0 Å². The molecule has 0 aromatic heterocycles. The summed E-state index contributed by atoms with van der Waals surface area (Å²) in [6, 6.07) is 16.9. The highest BCUT2D eigenvalue weighted by Gasteiger charge is 2.24. The lowest BCUT2D eigenvalue weighted by molar-refractivity contribution is 0.0525. The van der Waals surface area contributed by atoms with Gasteiger partial charge in [0.2, 0.25) is 10.0 Å². The van der Waals surface area contributed by atoms with Crippen molar-refractivity contribution in [2.75, 3.05) is 25.4 Å². The number of hydrogen-bond donors (Lipinski definition) is 1. The lowest BCUT2D eigenvalue weighted by atomic mass is 10.2. The molecule has 1 amide bonds. The molecule has 0 heterocycles. The molecule has 2 aromatic carbocycles. The van der Waals surface area contributed by atoms with Gasteiger partial charge in [0.25, 0.3) is 0 Å². The molecule has 0 aliphatic carbocycles. The van der Waals surface area contributed by atoms with Gasteiger partial charge in [0, 0.05) is 31.1 Å². The molecule has 2 rings (SSSR count). The van der Waals surface area contributed by atoms with Crippen LogP contribution in [0.15, 0.2) is 59.5 Å². The molecule has 0 radical (unpaired) electrons. The normalized spacial score (nSPS) is 12.0. The molecule has 0 atom stereocenters. The Kier molecular flexibility index (Phi) is 9.40. The molecule has 31 heavy (non-hydrogen) atoms. The fraction of sp³-hybridized carbons (Fsp3) is 0.435. The van der Waals surface area contributed by atoms with Crippen LogP contribution in [0.3, 0.4) is 0 Å². The highest BCUT2D eigenvalue weighted by Crippen LogP contribution is 2.18. The van der Waals surface area contributed by atoms with Crippen LogP contribution in [-0.2, 0) is 20.5 Å². The van der Waals surface area contributed by atoms with E-state index in [-0.39, 0.29) is 18.0 Å². The van der Waals surface area contributed by atoms with Crippen molar-refractivity contribution >= 4 is 27.9 Å². The number of benzene rings is 2. The highest BCUT2D eigenvalue weighted by molar-refractivity contribution is 7.98. The molecule has 6 nitrogen and oxygen atoms in total. The number of sulfonamides is 1. The van der Waals surface area contributed by atoms with E-state index in [1.54, 1.807) is 56.8 Å². The van der Waals surface area contributed by atoms with E-state index in [4.69, 9.17) is 4.74 Å². The third-order valence-corrected chi connectivity index (χ3v) is 7.21. The van der Waals surface area contributed by atoms with E-state index < -0.39 is 21.7 Å². The number of alkyl carbamates (subject to hydrolysis) is 1. The topological polar surface area (TPSA) is 75.7 Å². The Morgan fingerprint density at radius 1 is 1.03 bits per heavy atom. The van der Waals surface area contributed by atoms with Gasteiger partial charge in [-0.25, -0.2) is 13.2 Å². The molecule has 0 spiro atoms. The Morgan fingerprint density at radius 3 is 2.29 bits per heavy atom. The number of nitrogens with one attached hydrogen (secondary N) is 1. The van der Waals surface area contributed by atoms with E-state index >= 15 is 0 Å². The van der Waals surface area contributed by atoms with Gasteiger partial charge in [-0.05, 0) is 45.4 Å². The van der Waals surface area contributed by atoms with Crippen LogP contribution in [0.2, 0.25) is 0 Å². The van der Waals surface area contributed by atoms with Gasteiger partial charge in [-0.3, -0.25) is 0 Å². The van der Waals surface area contributed by atoms with Gasteiger partial charge >= 0.3 is 6.09 Å². The molecular weight excluding hydrogens is 432 g/mol. The van der Waals surface area contributed by atoms with Crippen molar-refractivity contribution in [2.24, 2.45) is 0 Å². The summed E-state index contributed by atoms with van der Waals surface area (Å²) in [7, 11) is -3.67. The number of amides is 1. The third kappa shape index (κ3) is 8.93. The lowest BCUT2D eigenvalue weighted by Crippen LogP contribution is -2.41. The second-order valence-corrected chi connectivity index (χ2v) is 11.2. The fourth-order valence-electron chi connectivity index (χ4n) is 2.74. The zero-order chi connectivity index (χ0) is 22.9. The van der Waals surface area contributed by atoms with Crippen molar-refractivity contribution < 1.29 is 17.9 Å². The lowest BCUT2D eigenvalue weighted by Gasteiger charge is -2.23. The summed E-state index contributed by atoms with van der Waals surface area (Å²) in [4.78, 5) is 12.2. The van der Waals surface area contributed by atoms with Crippen molar-refractivity contribution in [3.05, 3.63) is 65.7 Å². The number of thioether (sulfide) groups is 1. The standard InChI is InChI=1S/C23H32N2O4S2/c1-19-10-12-21(13-11-19)31(27,28)25(15-14-24-22(26)29-23(2,3)4)16-17-30-18-20-8-6-5-7-9-20/h5-13H,14-18H2,1-4H3,(H,24,26). The molecule has 170 valence electrons. The summed E-state index contributed by atoms with van der Waals surface area (Å²) in [5.74, 6) is 1.46. The second-order valence-electron chi connectivity index (χ2n) is 8.18. The van der Waals surface area contributed by atoms with Crippen LogP contribution in [0, 0.1) is 6.92 Å². The minimum atomic E-state index is -3.67. The monoisotopic (exact) mass is 464 g/mol. The number of nitrogens with zero attached hydrogens (tertiary/aromatic N) is 1. The Hall–Kier alpha value is -2.03. The summed E-state index contributed by atoms with van der Waals surface area (Å²) in [6.45, 7) is 7.95. The first kappa shape index (κ1) is 25.2. The molecule has 8 heteroatoms. The van der Waals surface area contributed by atoms with Crippen LogP contribution in [0.1, 0.15) is 31.9 Å². The number of carbonyl (C=O) groups is 1. The highest BCUT2D eigenvalue weighted by atomic mass is 32.2. The Balaban J connectivity index is 2.00. The van der Waals surface area contributed by atoms with E-state index in [2.05, 4.69) is 17.4 Å². The average molecular weight is 465 g/mol. The predicted molar refractivity (Wildman–Crippen MR) is 127 cm³/mol. The molecule has 0 saturated heterocycles. The van der Waals surface area contributed by atoms with Crippen LogP contribution in [-0.4, -0.2) is 49.8 Å².